The Morgan fingerprint density at radius 3 is 2.54 bits per heavy atom. The Balaban J connectivity index is 1.64. The molecule has 0 bridgehead atoms. The van der Waals surface area contributed by atoms with Crippen molar-refractivity contribution in [2.24, 2.45) is 0 Å². The fourth-order valence-corrected chi connectivity index (χ4v) is 3.51. The molecule has 0 N–H and O–H groups in total. The Bertz CT molecular complexity index is 1150. The summed E-state index contributed by atoms with van der Waals surface area (Å²) in [6.07, 6.45) is 3.91. The van der Waals surface area contributed by atoms with E-state index in [9.17, 15) is 0 Å². The summed E-state index contributed by atoms with van der Waals surface area (Å²) in [4.78, 5) is 0.727. The first kappa shape index (κ1) is 18.0. The lowest BCUT2D eigenvalue weighted by molar-refractivity contribution is 0.355. The molecule has 2 aromatic heterocycles. The van der Waals surface area contributed by atoms with E-state index in [2.05, 4.69) is 15.3 Å². The zero-order valence-corrected chi connectivity index (χ0v) is 16.4. The van der Waals surface area contributed by atoms with E-state index in [-0.39, 0.29) is 0 Å². The lowest BCUT2D eigenvalue weighted by Gasteiger charge is -2.07. The molecule has 2 heterocycles. The molecule has 0 fully saturated rings. The van der Waals surface area contributed by atoms with Gasteiger partial charge in [-0.15, -0.1) is 10.2 Å². The lowest BCUT2D eigenvalue weighted by Crippen LogP contribution is -1.92. The number of methoxy groups -OCH3 is 3. The number of aromatic nitrogens is 4. The average molecular weight is 394 g/mol. The van der Waals surface area contributed by atoms with Gasteiger partial charge in [-0.3, -0.25) is 0 Å². The molecule has 0 saturated heterocycles. The van der Waals surface area contributed by atoms with E-state index >= 15 is 0 Å². The van der Waals surface area contributed by atoms with Gasteiger partial charge in [-0.25, -0.2) is 0 Å². The van der Waals surface area contributed by atoms with Gasteiger partial charge in [0, 0.05) is 5.56 Å². The Morgan fingerprint density at radius 2 is 1.75 bits per heavy atom. The monoisotopic (exact) mass is 394 g/mol. The summed E-state index contributed by atoms with van der Waals surface area (Å²) in [5.41, 5.74) is 1.88. The number of benzene rings is 2. The van der Waals surface area contributed by atoms with Gasteiger partial charge < -0.3 is 14.2 Å². The van der Waals surface area contributed by atoms with Gasteiger partial charge in [0.25, 0.3) is 0 Å². The zero-order valence-electron chi connectivity index (χ0n) is 15.6. The van der Waals surface area contributed by atoms with E-state index in [0.717, 1.165) is 26.8 Å². The molecule has 7 nitrogen and oxygen atoms in total. The van der Waals surface area contributed by atoms with Crippen LogP contribution in [0.4, 0.5) is 0 Å². The molecule has 28 heavy (non-hydrogen) atoms. The van der Waals surface area contributed by atoms with Crippen LogP contribution < -0.4 is 14.2 Å². The van der Waals surface area contributed by atoms with Crippen LogP contribution in [-0.2, 0) is 0 Å². The van der Waals surface area contributed by atoms with Crippen molar-refractivity contribution >= 4 is 28.4 Å². The molecule has 0 amide bonds. The highest BCUT2D eigenvalue weighted by Crippen LogP contribution is 2.29. The van der Waals surface area contributed by atoms with Gasteiger partial charge in [0.2, 0.25) is 4.96 Å². The maximum absolute atomic E-state index is 5.34. The maximum atomic E-state index is 5.34. The maximum Gasteiger partial charge on any atom is 0.235 e. The summed E-state index contributed by atoms with van der Waals surface area (Å²) in [5, 5.41) is 13.9. The molecule has 4 rings (SSSR count). The molecule has 0 radical (unpaired) electrons. The van der Waals surface area contributed by atoms with Crippen LogP contribution in [0, 0.1) is 0 Å². The number of hydrogen-bond acceptors (Lipinski definition) is 7. The molecule has 8 heteroatoms. The second-order valence-electron chi connectivity index (χ2n) is 5.84. The third-order valence-corrected chi connectivity index (χ3v) is 5.02. The van der Waals surface area contributed by atoms with Crippen molar-refractivity contribution in [3.63, 3.8) is 0 Å². The number of hydrogen-bond donors (Lipinski definition) is 0. The highest BCUT2D eigenvalue weighted by Gasteiger charge is 2.13. The molecule has 0 unspecified atom stereocenters. The first-order chi connectivity index (χ1) is 13.7. The predicted octanol–water partition coefficient (Wildman–Crippen LogP) is 4.05. The largest absolute Gasteiger partial charge is 0.497 e. The Morgan fingerprint density at radius 1 is 0.893 bits per heavy atom. The second-order valence-corrected chi connectivity index (χ2v) is 6.83. The summed E-state index contributed by atoms with van der Waals surface area (Å²) in [5.74, 6) is 2.82. The molecule has 142 valence electrons. The van der Waals surface area contributed by atoms with Crippen LogP contribution >= 0.6 is 11.3 Å². The third-order valence-electron chi connectivity index (χ3n) is 4.16. The summed E-state index contributed by atoms with van der Waals surface area (Å²) in [6.45, 7) is 0. The highest BCUT2D eigenvalue weighted by atomic mass is 32.1. The molecule has 0 saturated carbocycles. The normalized spacial score (nSPS) is 11.2. The number of rotatable bonds is 6. The topological polar surface area (TPSA) is 70.8 Å². The Kier molecular flexibility index (Phi) is 4.94. The molecule has 4 aromatic rings. The van der Waals surface area contributed by atoms with Crippen LogP contribution in [0.5, 0.6) is 17.2 Å². The first-order valence-corrected chi connectivity index (χ1v) is 9.30. The van der Waals surface area contributed by atoms with Crippen molar-refractivity contribution in [1.29, 1.82) is 0 Å². The average Bonchev–Trinajstić information content (AvgIpc) is 3.32. The molecule has 0 aliphatic heterocycles. The lowest BCUT2D eigenvalue weighted by atomic mass is 10.2. The molecule has 0 spiro atoms. The van der Waals surface area contributed by atoms with E-state index < -0.39 is 0 Å². The minimum Gasteiger partial charge on any atom is -0.497 e. The fourth-order valence-electron chi connectivity index (χ4n) is 2.77. The molecule has 0 aliphatic carbocycles. The standard InChI is InChI=1S/C20H18N4O3S/c1-25-15-6-4-5-14(12-15)19-21-22-20-24(19)23-18(28-20)10-8-13-7-9-16(26-2)17(11-13)27-3/h4-12H,1-3H3. The summed E-state index contributed by atoms with van der Waals surface area (Å²) >= 11 is 1.46. The predicted molar refractivity (Wildman–Crippen MR) is 109 cm³/mol. The van der Waals surface area contributed by atoms with Crippen LogP contribution in [0.2, 0.25) is 0 Å². The Hall–Kier alpha value is -3.39. The summed E-state index contributed by atoms with van der Waals surface area (Å²) in [7, 11) is 4.87. The molecule has 0 aliphatic rings. The van der Waals surface area contributed by atoms with Crippen LogP contribution in [0.3, 0.4) is 0 Å². The summed E-state index contributed by atoms with van der Waals surface area (Å²) in [6, 6.07) is 13.4. The number of ether oxygens (including phenoxy) is 3. The van der Waals surface area contributed by atoms with Crippen molar-refractivity contribution in [1.82, 2.24) is 19.8 Å². The van der Waals surface area contributed by atoms with E-state index in [1.807, 2.05) is 54.6 Å². The summed E-state index contributed by atoms with van der Waals surface area (Å²) < 4.78 is 17.6. The van der Waals surface area contributed by atoms with Crippen LogP contribution in [-0.4, -0.2) is 41.1 Å². The number of fused-ring (bicyclic) bond motifs is 1. The van der Waals surface area contributed by atoms with E-state index in [1.165, 1.54) is 11.3 Å². The first-order valence-electron chi connectivity index (χ1n) is 8.48. The van der Waals surface area contributed by atoms with Gasteiger partial charge in [-0.05, 0) is 35.9 Å². The van der Waals surface area contributed by atoms with Crippen molar-refractivity contribution in [2.45, 2.75) is 0 Å². The van der Waals surface area contributed by atoms with E-state index in [4.69, 9.17) is 14.2 Å². The Labute approximate surface area is 165 Å². The molecular formula is C20H18N4O3S. The van der Waals surface area contributed by atoms with E-state index in [1.54, 1.807) is 25.8 Å². The number of nitrogens with zero attached hydrogens (tertiary/aromatic N) is 4. The van der Waals surface area contributed by atoms with Crippen LogP contribution in [0.25, 0.3) is 28.5 Å². The van der Waals surface area contributed by atoms with Crippen LogP contribution in [0.15, 0.2) is 42.5 Å². The molecule has 2 aromatic carbocycles. The van der Waals surface area contributed by atoms with Crippen molar-refractivity contribution in [3.8, 4) is 28.6 Å². The van der Waals surface area contributed by atoms with Crippen LogP contribution in [0.1, 0.15) is 10.6 Å². The van der Waals surface area contributed by atoms with Crippen molar-refractivity contribution < 1.29 is 14.2 Å². The quantitative estimate of drug-likeness (QED) is 0.491. The van der Waals surface area contributed by atoms with Gasteiger partial charge in [-0.2, -0.15) is 9.61 Å². The van der Waals surface area contributed by atoms with Gasteiger partial charge in [0.15, 0.2) is 17.3 Å². The smallest absolute Gasteiger partial charge is 0.235 e. The minimum atomic E-state index is 0.677. The minimum absolute atomic E-state index is 0.677. The van der Waals surface area contributed by atoms with E-state index in [0.29, 0.717) is 17.3 Å². The van der Waals surface area contributed by atoms with Gasteiger partial charge >= 0.3 is 0 Å². The fraction of sp³-hybridized carbons (Fsp3) is 0.150. The zero-order chi connectivity index (χ0) is 19.5. The van der Waals surface area contributed by atoms with Gasteiger partial charge in [0.05, 0.1) is 21.3 Å². The second kappa shape index (κ2) is 7.69. The molecular weight excluding hydrogens is 376 g/mol. The van der Waals surface area contributed by atoms with Crippen molar-refractivity contribution in [3.05, 3.63) is 53.0 Å². The van der Waals surface area contributed by atoms with Crippen molar-refractivity contribution in [2.75, 3.05) is 21.3 Å². The molecule has 0 atom stereocenters. The highest BCUT2D eigenvalue weighted by molar-refractivity contribution is 7.17. The van der Waals surface area contributed by atoms with Gasteiger partial charge in [0.1, 0.15) is 10.8 Å². The van der Waals surface area contributed by atoms with Gasteiger partial charge in [-0.1, -0.05) is 35.6 Å². The SMILES string of the molecule is COc1cccc(-c2nnc3sc(C=Cc4ccc(OC)c(OC)c4)nn23)c1. The third kappa shape index (κ3) is 3.41.